The van der Waals surface area contributed by atoms with Crippen molar-refractivity contribution in [2.75, 3.05) is 0 Å². The van der Waals surface area contributed by atoms with Gasteiger partial charge >= 0.3 is 0 Å². The number of thiazole rings is 1. The molecule has 2 nitrogen and oxygen atoms in total. The van der Waals surface area contributed by atoms with Crippen LogP contribution in [-0.2, 0) is 4.75 Å². The molecule has 1 aromatic heterocycles. The van der Waals surface area contributed by atoms with Crippen LogP contribution >= 0.6 is 23.1 Å². The van der Waals surface area contributed by atoms with Crippen LogP contribution in [0, 0.1) is 0 Å². The molecule has 4 aromatic rings. The molecule has 144 valence electrons. The summed E-state index contributed by atoms with van der Waals surface area (Å²) in [4.78, 5) is 16.9. The van der Waals surface area contributed by atoms with Crippen molar-refractivity contribution in [2.45, 2.75) is 22.3 Å². The van der Waals surface area contributed by atoms with Crippen molar-refractivity contribution in [3.8, 4) is 0 Å². The van der Waals surface area contributed by atoms with Gasteiger partial charge in [-0.3, -0.25) is 4.79 Å². The predicted molar refractivity (Wildman–Crippen MR) is 122 cm³/mol. The Kier molecular flexibility index (Phi) is 5.93. The Labute approximate surface area is 179 Å². The molecule has 4 heteroatoms. The summed E-state index contributed by atoms with van der Waals surface area (Å²) in [7, 11) is 0. The van der Waals surface area contributed by atoms with Gasteiger partial charge < -0.3 is 0 Å². The Bertz CT molecular complexity index is 979. The number of carbonyl (C=O) groups is 1. The van der Waals surface area contributed by atoms with E-state index in [1.807, 2.05) is 25.1 Å². The van der Waals surface area contributed by atoms with Gasteiger partial charge in [0.15, 0.2) is 5.78 Å². The summed E-state index contributed by atoms with van der Waals surface area (Å²) in [5.41, 5.74) is 5.87. The number of benzene rings is 3. The summed E-state index contributed by atoms with van der Waals surface area (Å²) in [6, 6.07) is 31.5. The van der Waals surface area contributed by atoms with Gasteiger partial charge in [0.2, 0.25) is 0 Å². The fourth-order valence-electron chi connectivity index (χ4n) is 3.50. The summed E-state index contributed by atoms with van der Waals surface area (Å²) in [5.74, 6) is 0.0804. The molecule has 0 bridgehead atoms. The Morgan fingerprint density at radius 2 is 1.28 bits per heavy atom. The van der Waals surface area contributed by atoms with Gasteiger partial charge in [0.05, 0.1) is 14.5 Å². The highest BCUT2D eigenvalue weighted by atomic mass is 32.2. The van der Waals surface area contributed by atoms with E-state index in [1.54, 1.807) is 17.3 Å². The van der Waals surface area contributed by atoms with Crippen molar-refractivity contribution in [1.29, 1.82) is 0 Å². The molecule has 0 unspecified atom stereocenters. The zero-order valence-corrected chi connectivity index (χ0v) is 17.7. The molecule has 4 rings (SSSR count). The van der Waals surface area contributed by atoms with Crippen LogP contribution < -0.4 is 0 Å². The first-order chi connectivity index (χ1) is 14.3. The van der Waals surface area contributed by atoms with E-state index in [0.717, 1.165) is 4.21 Å². The molecular weight excluding hydrogens is 394 g/mol. The Hall–Kier alpha value is -2.69. The number of hydrogen-bond acceptors (Lipinski definition) is 4. The minimum atomic E-state index is -0.487. The zero-order chi connectivity index (χ0) is 20.1. The maximum Gasteiger partial charge on any atom is 0.182 e. The first-order valence-corrected chi connectivity index (χ1v) is 11.3. The molecule has 0 aliphatic rings. The van der Waals surface area contributed by atoms with E-state index in [9.17, 15) is 4.79 Å². The number of aromatic nitrogens is 1. The lowest BCUT2D eigenvalue weighted by Crippen LogP contribution is -2.25. The number of carbonyl (C=O) groups excluding carboxylic acids is 1. The van der Waals surface area contributed by atoms with Crippen molar-refractivity contribution in [3.05, 3.63) is 119 Å². The van der Waals surface area contributed by atoms with E-state index >= 15 is 0 Å². The molecule has 0 amide bonds. The van der Waals surface area contributed by atoms with Gasteiger partial charge in [-0.15, -0.1) is 11.3 Å². The number of ketones is 1. The van der Waals surface area contributed by atoms with Crippen LogP contribution in [0.25, 0.3) is 0 Å². The molecule has 0 saturated carbocycles. The number of hydrogen-bond donors (Lipinski definition) is 0. The molecule has 1 heterocycles. The van der Waals surface area contributed by atoms with Crippen LogP contribution in [0.4, 0.5) is 0 Å². The molecule has 0 spiro atoms. The van der Waals surface area contributed by atoms with Crippen LogP contribution in [0.3, 0.4) is 0 Å². The molecule has 29 heavy (non-hydrogen) atoms. The molecule has 0 aliphatic carbocycles. The van der Waals surface area contributed by atoms with Gasteiger partial charge in [0, 0.05) is 6.42 Å². The first-order valence-electron chi connectivity index (χ1n) is 9.58. The van der Waals surface area contributed by atoms with E-state index in [4.69, 9.17) is 0 Å². The van der Waals surface area contributed by atoms with Gasteiger partial charge in [-0.05, 0) is 16.7 Å². The second kappa shape index (κ2) is 8.76. The highest BCUT2D eigenvalue weighted by Gasteiger charge is 2.39. The van der Waals surface area contributed by atoms with Gasteiger partial charge in [-0.25, -0.2) is 4.98 Å². The number of thioether (sulfide) groups is 1. The van der Waals surface area contributed by atoms with Crippen LogP contribution in [-0.4, -0.2) is 10.8 Å². The minimum absolute atomic E-state index is 0.0804. The second-order valence-electron chi connectivity index (χ2n) is 6.65. The molecule has 0 fully saturated rings. The monoisotopic (exact) mass is 415 g/mol. The maximum absolute atomic E-state index is 12.5. The average Bonchev–Trinajstić information content (AvgIpc) is 3.27. The molecule has 3 aromatic carbocycles. The summed E-state index contributed by atoms with van der Waals surface area (Å²) in [6.45, 7) is 1.88. The SMILES string of the molecule is CCC(=O)c1ncsc1SC(c1ccccc1)(c1ccccc1)c1ccccc1. The lowest BCUT2D eigenvalue weighted by molar-refractivity contribution is 0.0981. The summed E-state index contributed by atoms with van der Waals surface area (Å²) in [5, 5.41) is 0. The van der Waals surface area contributed by atoms with Crippen LogP contribution in [0.1, 0.15) is 40.5 Å². The summed E-state index contributed by atoms with van der Waals surface area (Å²) >= 11 is 3.24. The second-order valence-corrected chi connectivity index (χ2v) is 8.98. The highest BCUT2D eigenvalue weighted by Crippen LogP contribution is 2.53. The topological polar surface area (TPSA) is 30.0 Å². The minimum Gasteiger partial charge on any atom is -0.292 e. The summed E-state index contributed by atoms with van der Waals surface area (Å²) in [6.07, 6.45) is 0.451. The largest absolute Gasteiger partial charge is 0.292 e. The molecule has 0 atom stereocenters. The van der Waals surface area contributed by atoms with E-state index < -0.39 is 4.75 Å². The number of rotatable bonds is 7. The maximum atomic E-state index is 12.5. The fraction of sp³-hybridized carbons (Fsp3) is 0.120. The highest BCUT2D eigenvalue weighted by molar-refractivity contribution is 8.02. The quantitative estimate of drug-likeness (QED) is 0.188. The van der Waals surface area contributed by atoms with Crippen molar-refractivity contribution in [1.82, 2.24) is 4.98 Å². The molecular formula is C25H21NOS2. The Morgan fingerprint density at radius 3 is 1.69 bits per heavy atom. The van der Waals surface area contributed by atoms with Crippen LogP contribution in [0.15, 0.2) is 101 Å². The predicted octanol–water partition coefficient (Wildman–Crippen LogP) is 6.82. The summed E-state index contributed by atoms with van der Waals surface area (Å²) < 4.78 is 0.465. The number of nitrogens with zero attached hydrogens (tertiary/aromatic N) is 1. The van der Waals surface area contributed by atoms with Gasteiger partial charge in [-0.2, -0.15) is 0 Å². The fourth-order valence-corrected chi connectivity index (χ4v) is 6.03. The van der Waals surface area contributed by atoms with Gasteiger partial charge in [0.25, 0.3) is 0 Å². The van der Waals surface area contributed by atoms with Crippen LogP contribution in [0.2, 0.25) is 0 Å². The lowest BCUT2D eigenvalue weighted by atomic mass is 9.84. The van der Waals surface area contributed by atoms with Crippen LogP contribution in [0.5, 0.6) is 0 Å². The Balaban J connectivity index is 1.99. The standard InChI is InChI=1S/C25H21NOS2/c1-2-22(27)23-24(28-18-26-23)29-25(19-12-6-3-7-13-19,20-14-8-4-9-15-20)21-16-10-5-11-17-21/h3-18H,2H2,1H3. The van der Waals surface area contributed by atoms with E-state index in [0.29, 0.717) is 12.1 Å². The van der Waals surface area contributed by atoms with Crippen molar-refractivity contribution in [3.63, 3.8) is 0 Å². The van der Waals surface area contributed by atoms with E-state index in [2.05, 4.69) is 77.8 Å². The first kappa shape index (κ1) is 19.6. The van der Waals surface area contributed by atoms with Crippen molar-refractivity contribution < 1.29 is 4.79 Å². The zero-order valence-electron chi connectivity index (χ0n) is 16.1. The average molecular weight is 416 g/mol. The Morgan fingerprint density at radius 1 is 0.828 bits per heavy atom. The normalized spacial score (nSPS) is 11.3. The molecule has 0 N–H and O–H groups in total. The van der Waals surface area contributed by atoms with Crippen molar-refractivity contribution in [2.24, 2.45) is 0 Å². The molecule has 0 aliphatic heterocycles. The third-order valence-corrected chi connectivity index (χ3v) is 7.46. The van der Waals surface area contributed by atoms with E-state index in [1.165, 1.54) is 28.0 Å². The van der Waals surface area contributed by atoms with Gasteiger partial charge in [0.1, 0.15) is 5.69 Å². The van der Waals surface area contributed by atoms with E-state index in [-0.39, 0.29) is 5.78 Å². The molecule has 0 saturated heterocycles. The third-order valence-electron chi connectivity index (χ3n) is 4.91. The smallest absolute Gasteiger partial charge is 0.182 e. The lowest BCUT2D eigenvalue weighted by Gasteiger charge is -2.35. The molecule has 0 radical (unpaired) electrons. The van der Waals surface area contributed by atoms with Gasteiger partial charge in [-0.1, -0.05) is 110 Å². The van der Waals surface area contributed by atoms with Crippen molar-refractivity contribution >= 4 is 28.9 Å². The third kappa shape index (κ3) is 3.78. The number of Topliss-reactive ketones (excluding diaryl/α,β-unsaturated/α-hetero) is 1.